The Morgan fingerprint density at radius 3 is 1.12 bits per heavy atom. The van der Waals surface area contributed by atoms with E-state index in [1.807, 2.05) is 0 Å². The Bertz CT molecular complexity index is 2780. The molecule has 0 saturated carbocycles. The highest BCUT2D eigenvalue weighted by molar-refractivity contribution is 6.31. The molecule has 2 saturated heterocycles. The molecule has 12 atom stereocenters. The predicted octanol–water partition coefficient (Wildman–Crippen LogP) is 2.04. The summed E-state index contributed by atoms with van der Waals surface area (Å²) in [5, 5.41) is 87.6. The first-order valence-corrected chi connectivity index (χ1v) is 23.4. The van der Waals surface area contributed by atoms with E-state index >= 15 is 0 Å². The molecule has 0 amide bonds. The van der Waals surface area contributed by atoms with Crippen molar-refractivity contribution in [1.29, 1.82) is 0 Å². The van der Waals surface area contributed by atoms with Crippen molar-refractivity contribution in [3.05, 3.63) is 115 Å². The van der Waals surface area contributed by atoms with Crippen molar-refractivity contribution in [2.45, 2.75) is 139 Å². The second kappa shape index (κ2) is 18.3. The Balaban J connectivity index is 0.000000178. The average molecular weight is 995 g/mol. The van der Waals surface area contributed by atoms with Crippen molar-refractivity contribution < 1.29 is 88.6 Å². The van der Waals surface area contributed by atoms with Gasteiger partial charge in [-0.3, -0.25) is 28.8 Å². The number of phenolic OH excluding ortho intramolecular Hbond substituents is 4. The lowest BCUT2D eigenvalue weighted by atomic mass is 9.72. The van der Waals surface area contributed by atoms with E-state index < -0.39 is 143 Å². The lowest BCUT2D eigenvalue weighted by Crippen LogP contribution is -2.52. The Morgan fingerprint density at radius 2 is 0.847 bits per heavy atom. The van der Waals surface area contributed by atoms with Crippen molar-refractivity contribution in [2.24, 2.45) is 11.5 Å². The van der Waals surface area contributed by atoms with Crippen LogP contribution in [-0.4, -0.2) is 136 Å². The number of phenols is 4. The largest absolute Gasteiger partial charge is 0.507 e. The number of fused-ring (bicyclic) bond motifs is 6. The van der Waals surface area contributed by atoms with Gasteiger partial charge in [-0.05, 0) is 27.7 Å². The maximum Gasteiger partial charge on any atom is 0.198 e. The zero-order valence-electron chi connectivity index (χ0n) is 39.4. The zero-order valence-corrected chi connectivity index (χ0v) is 39.4. The Morgan fingerprint density at radius 1 is 0.556 bits per heavy atom. The number of hydrogen-bond acceptors (Lipinski definition) is 20. The minimum absolute atomic E-state index is 0.00588. The Kier molecular flexibility index (Phi) is 12.9. The molecule has 0 aromatic heterocycles. The SMILES string of the molecule is CC(=O)[C@]1(O)Cc2c(O)c3c(c(O)c2[C@@H](O[C@H]2C[C@H](N)[C@H](O)[C@H](C)O2)C1)C(=O)c1ccccc1C3=O.CC(=O)[C@]1(O)Cc2c(O)c3c(c(O)c2[C@@H](O[C@H]2C[C@H](N)[C@H](O)[C@H](C)O2)C1)C(=O)c1ccccc1C3=O. The van der Waals surface area contributed by atoms with Gasteiger partial charge in [-0.25, -0.2) is 0 Å². The number of ketones is 6. The summed E-state index contributed by atoms with van der Waals surface area (Å²) in [6.07, 6.45) is -8.75. The average Bonchev–Trinajstić information content (AvgIpc) is 3.33. The zero-order chi connectivity index (χ0) is 52.2. The highest BCUT2D eigenvalue weighted by atomic mass is 16.7. The summed E-state index contributed by atoms with van der Waals surface area (Å²) in [6.45, 7) is 5.60. The van der Waals surface area contributed by atoms with E-state index in [4.69, 9.17) is 30.4 Å². The number of benzene rings is 4. The summed E-state index contributed by atoms with van der Waals surface area (Å²) < 4.78 is 23.5. The van der Waals surface area contributed by atoms with Crippen molar-refractivity contribution in [3.63, 3.8) is 0 Å². The van der Waals surface area contributed by atoms with Gasteiger partial charge in [-0.15, -0.1) is 0 Å². The number of aliphatic hydroxyl groups is 4. The van der Waals surface area contributed by atoms with Crippen LogP contribution >= 0.6 is 0 Å². The minimum atomic E-state index is -1.97. The summed E-state index contributed by atoms with van der Waals surface area (Å²) in [5.74, 6) is -6.11. The summed E-state index contributed by atoms with van der Waals surface area (Å²) >= 11 is 0. The van der Waals surface area contributed by atoms with E-state index in [1.54, 1.807) is 38.1 Å². The van der Waals surface area contributed by atoms with Crippen LogP contribution in [0.2, 0.25) is 0 Å². The lowest BCUT2D eigenvalue weighted by molar-refractivity contribution is -0.247. The maximum atomic E-state index is 13.3. The van der Waals surface area contributed by atoms with Crippen molar-refractivity contribution in [3.8, 4) is 23.0 Å². The molecule has 4 aromatic rings. The van der Waals surface area contributed by atoms with E-state index in [0.29, 0.717) is 0 Å². The predicted molar refractivity (Wildman–Crippen MR) is 248 cm³/mol. The number of carbonyl (C=O) groups excluding carboxylic acids is 6. The standard InChI is InChI=1S/2C26H27NO9/c2*1-10-21(29)15(27)7-17(35-10)36-16-9-26(34,11(2)28)8-14-18(16)25(33)20-19(24(14)32)22(30)12-5-3-4-6-13(12)23(20)31/h2*3-6,10,15-17,21,29,32-34H,7-9,27H2,1-2H3/t2*10-,15-,16-,17-,21+,26-/m00/s1. The number of nitrogens with two attached hydrogens (primary N) is 2. The van der Waals surface area contributed by atoms with Gasteiger partial charge in [-0.2, -0.15) is 0 Å². The molecule has 2 fully saturated rings. The van der Waals surface area contributed by atoms with Gasteiger partial charge in [0, 0.05) is 95.1 Å². The van der Waals surface area contributed by atoms with E-state index in [1.165, 1.54) is 38.1 Å². The van der Waals surface area contributed by atoms with Crippen molar-refractivity contribution >= 4 is 34.7 Å². The summed E-state index contributed by atoms with van der Waals surface area (Å²) in [5.41, 5.74) is 6.76. The van der Waals surface area contributed by atoms with Crippen LogP contribution in [0.3, 0.4) is 0 Å². The van der Waals surface area contributed by atoms with Crippen LogP contribution in [-0.2, 0) is 41.4 Å². The van der Waals surface area contributed by atoms with Crippen LogP contribution in [0.5, 0.6) is 23.0 Å². The van der Waals surface area contributed by atoms with Crippen molar-refractivity contribution in [1.82, 2.24) is 0 Å². The number of aromatic hydroxyl groups is 4. The number of carbonyl (C=O) groups is 6. The number of ether oxygens (including phenoxy) is 4. The number of Topliss-reactive ketones (excluding diaryl/α,β-unsaturated/α-hetero) is 2. The molecule has 20 nitrogen and oxygen atoms in total. The molecule has 0 bridgehead atoms. The quantitative estimate of drug-likeness (QED) is 0.107. The monoisotopic (exact) mass is 994 g/mol. The second-order valence-corrected chi connectivity index (χ2v) is 19.6. The van der Waals surface area contributed by atoms with Crippen LogP contribution in [0.4, 0.5) is 0 Å². The fraction of sp³-hybridized carbons (Fsp3) is 0.423. The lowest BCUT2D eigenvalue weighted by Gasteiger charge is -2.42. The fourth-order valence-corrected chi connectivity index (χ4v) is 10.8. The van der Waals surface area contributed by atoms with Crippen LogP contribution < -0.4 is 11.5 Å². The van der Waals surface area contributed by atoms with Gasteiger partial charge in [0.2, 0.25) is 0 Å². The van der Waals surface area contributed by atoms with Gasteiger partial charge < -0.3 is 71.3 Å². The third kappa shape index (κ3) is 8.11. The van der Waals surface area contributed by atoms with Gasteiger partial charge >= 0.3 is 0 Å². The third-order valence-electron chi connectivity index (χ3n) is 15.0. The highest BCUT2D eigenvalue weighted by Gasteiger charge is 2.51. The van der Waals surface area contributed by atoms with Crippen LogP contribution in [0.15, 0.2) is 48.5 Å². The molecular weight excluding hydrogens is 941 g/mol. The van der Waals surface area contributed by atoms with Gasteiger partial charge in [-0.1, -0.05) is 48.5 Å². The molecule has 380 valence electrons. The molecule has 6 aliphatic rings. The fourth-order valence-electron chi connectivity index (χ4n) is 10.8. The van der Waals surface area contributed by atoms with Gasteiger partial charge in [0.25, 0.3) is 0 Å². The molecule has 2 aliphatic heterocycles. The van der Waals surface area contributed by atoms with Crippen molar-refractivity contribution in [2.75, 3.05) is 0 Å². The molecule has 4 aromatic carbocycles. The topological polar surface area (TPSA) is 353 Å². The molecule has 0 radical (unpaired) electrons. The van der Waals surface area contributed by atoms with Crippen LogP contribution in [0.1, 0.15) is 152 Å². The summed E-state index contributed by atoms with van der Waals surface area (Å²) in [6, 6.07) is 10.8. The number of rotatable bonds is 6. The van der Waals surface area contributed by atoms with Gasteiger partial charge in [0.15, 0.2) is 47.3 Å². The molecule has 72 heavy (non-hydrogen) atoms. The van der Waals surface area contributed by atoms with E-state index in [2.05, 4.69) is 0 Å². The molecule has 12 N–H and O–H groups in total. The first-order valence-electron chi connectivity index (χ1n) is 23.4. The molecule has 20 heteroatoms. The van der Waals surface area contributed by atoms with Crippen LogP contribution in [0, 0.1) is 0 Å². The van der Waals surface area contributed by atoms with Gasteiger partial charge in [0.1, 0.15) is 34.2 Å². The summed E-state index contributed by atoms with van der Waals surface area (Å²) in [4.78, 5) is 78.0. The third-order valence-corrected chi connectivity index (χ3v) is 15.0. The maximum absolute atomic E-state index is 13.3. The Hall–Kier alpha value is -6.30. The normalized spacial score (nSPS) is 31.4. The van der Waals surface area contributed by atoms with Gasteiger partial charge in [0.05, 0.1) is 58.9 Å². The highest BCUT2D eigenvalue weighted by Crippen LogP contribution is 2.54. The molecule has 2 heterocycles. The van der Waals surface area contributed by atoms with E-state index in [9.17, 15) is 69.6 Å². The molecule has 0 spiro atoms. The smallest absolute Gasteiger partial charge is 0.198 e. The Labute approximate surface area is 410 Å². The molecule has 4 aliphatic carbocycles. The minimum Gasteiger partial charge on any atom is -0.507 e. The summed E-state index contributed by atoms with van der Waals surface area (Å²) in [7, 11) is 0. The number of aliphatic hydroxyl groups excluding tert-OH is 2. The first kappa shape index (κ1) is 50.6. The van der Waals surface area contributed by atoms with E-state index in [0.717, 1.165) is 0 Å². The molecular formula is C52H54N2O18. The van der Waals surface area contributed by atoms with Crippen LogP contribution in [0.25, 0.3) is 0 Å². The van der Waals surface area contributed by atoms with E-state index in [-0.39, 0.29) is 92.4 Å². The second-order valence-electron chi connectivity index (χ2n) is 19.6. The first-order chi connectivity index (χ1) is 33.9. The number of hydrogen-bond donors (Lipinski definition) is 10. The molecule has 10 rings (SSSR count). The molecule has 0 unspecified atom stereocenters.